The van der Waals surface area contributed by atoms with Crippen molar-refractivity contribution in [2.45, 2.75) is 110 Å². The Balaban J connectivity index is 0. The molecule has 0 unspecified atom stereocenters. The fourth-order valence-corrected chi connectivity index (χ4v) is 3.03. The summed E-state index contributed by atoms with van der Waals surface area (Å²) in [6, 6.07) is 0. The van der Waals surface area contributed by atoms with Crippen LogP contribution in [-0.2, 0) is 40.1 Å². The number of rotatable bonds is 18. The maximum absolute atomic E-state index is 10.1. The zero-order chi connectivity index (χ0) is 16.3. The van der Waals surface area contributed by atoms with Crippen molar-refractivity contribution >= 4 is 11.0 Å². The first-order valence-electron chi connectivity index (χ1n) is 9.50. The molecular weight excluding hydrogens is 355 g/mol. The van der Waals surface area contributed by atoms with E-state index in [1.165, 1.54) is 89.9 Å². The SMILES string of the molecule is CCCCCCCCCCCCCCCCCCO[S-](=O)=O.[Ni]. The van der Waals surface area contributed by atoms with Crippen molar-refractivity contribution in [3.8, 4) is 0 Å². The van der Waals surface area contributed by atoms with Crippen LogP contribution in [0.25, 0.3) is 0 Å². The molecule has 23 heavy (non-hydrogen) atoms. The summed E-state index contributed by atoms with van der Waals surface area (Å²) in [5.41, 5.74) is 0. The van der Waals surface area contributed by atoms with Gasteiger partial charge in [0.15, 0.2) is 0 Å². The average molecular weight is 392 g/mol. The first kappa shape index (κ1) is 25.6. The second kappa shape index (κ2) is 22.4. The molecule has 0 aromatic carbocycles. The van der Waals surface area contributed by atoms with Crippen LogP contribution in [-0.4, -0.2) is 6.61 Å². The molecule has 0 heterocycles. The minimum absolute atomic E-state index is 0. The minimum Gasteiger partial charge on any atom is -0.424 e. The molecule has 0 N–H and O–H groups in total. The van der Waals surface area contributed by atoms with Crippen LogP contribution in [0.1, 0.15) is 110 Å². The third kappa shape index (κ3) is 24.8. The van der Waals surface area contributed by atoms with E-state index in [-0.39, 0.29) is 16.5 Å². The van der Waals surface area contributed by atoms with Crippen molar-refractivity contribution in [1.29, 1.82) is 0 Å². The van der Waals surface area contributed by atoms with E-state index in [2.05, 4.69) is 11.1 Å². The van der Waals surface area contributed by atoms with E-state index in [9.17, 15) is 8.42 Å². The van der Waals surface area contributed by atoms with Gasteiger partial charge in [-0.2, -0.15) is 0 Å². The Morgan fingerprint density at radius 3 is 1.17 bits per heavy atom. The summed E-state index contributed by atoms with van der Waals surface area (Å²) in [6.07, 6.45) is 21.2. The first-order chi connectivity index (χ1) is 10.8. The molecule has 3 nitrogen and oxygen atoms in total. The van der Waals surface area contributed by atoms with Crippen molar-refractivity contribution in [3.05, 3.63) is 0 Å². The molecule has 5 heteroatoms. The van der Waals surface area contributed by atoms with Gasteiger partial charge in [-0.25, -0.2) is 0 Å². The molecule has 0 saturated heterocycles. The summed E-state index contributed by atoms with van der Waals surface area (Å²) in [5.74, 6) is 0. The third-order valence-electron chi connectivity index (χ3n) is 4.18. The van der Waals surface area contributed by atoms with Crippen LogP contribution < -0.4 is 0 Å². The largest absolute Gasteiger partial charge is 0.424 e. The van der Waals surface area contributed by atoms with E-state index >= 15 is 0 Å². The molecule has 0 fully saturated rings. The Hall–Kier alpha value is 0.404. The third-order valence-corrected chi connectivity index (χ3v) is 4.54. The van der Waals surface area contributed by atoms with Gasteiger partial charge in [-0.15, -0.1) is 0 Å². The maximum Gasteiger partial charge on any atom is 0.0520 e. The molecule has 0 aliphatic carbocycles. The fourth-order valence-electron chi connectivity index (χ4n) is 2.78. The Labute approximate surface area is 156 Å². The monoisotopic (exact) mass is 391 g/mol. The molecule has 0 atom stereocenters. The summed E-state index contributed by atoms with van der Waals surface area (Å²) in [5, 5.41) is 0. The van der Waals surface area contributed by atoms with Crippen LogP contribution >= 0.6 is 0 Å². The van der Waals surface area contributed by atoms with Gasteiger partial charge in [-0.3, -0.25) is 0 Å². The zero-order valence-corrected chi connectivity index (χ0v) is 16.8. The van der Waals surface area contributed by atoms with Crippen LogP contribution in [0.15, 0.2) is 0 Å². The van der Waals surface area contributed by atoms with Crippen LogP contribution in [0.4, 0.5) is 0 Å². The van der Waals surface area contributed by atoms with E-state index in [0.717, 1.165) is 12.8 Å². The van der Waals surface area contributed by atoms with Crippen molar-refractivity contribution < 1.29 is 29.1 Å². The van der Waals surface area contributed by atoms with Crippen LogP contribution in [0.2, 0.25) is 0 Å². The second-order valence-electron chi connectivity index (χ2n) is 6.33. The van der Waals surface area contributed by atoms with Crippen LogP contribution in [0.5, 0.6) is 0 Å². The molecule has 0 amide bonds. The molecule has 0 rings (SSSR count). The maximum atomic E-state index is 10.1. The Kier molecular flexibility index (Phi) is 25.0. The molecule has 0 aromatic heterocycles. The Morgan fingerprint density at radius 1 is 0.565 bits per heavy atom. The van der Waals surface area contributed by atoms with Gasteiger partial charge < -0.3 is 12.6 Å². The minimum atomic E-state index is -2.33. The average Bonchev–Trinajstić information content (AvgIpc) is 2.50. The predicted molar refractivity (Wildman–Crippen MR) is 94.2 cm³/mol. The van der Waals surface area contributed by atoms with Gasteiger partial charge in [-0.1, -0.05) is 103 Å². The molecule has 0 bridgehead atoms. The molecule has 0 spiro atoms. The number of hydrogen-bond donors (Lipinski definition) is 0. The first-order valence-corrected chi connectivity index (χ1v) is 10.5. The standard InChI is InChI=1S/C18H37O3S.Ni/c1-2-3-4-5-6-7-8-9-10-11-12-13-14-15-16-17-18-21-22(19)20;/h2-18H2,1H3;/q-1;. The summed E-state index contributed by atoms with van der Waals surface area (Å²) in [6.45, 7) is 2.61. The van der Waals surface area contributed by atoms with E-state index in [1.54, 1.807) is 0 Å². The fraction of sp³-hybridized carbons (Fsp3) is 1.00. The quantitative estimate of drug-likeness (QED) is 0.152. The van der Waals surface area contributed by atoms with Gasteiger partial charge in [0.2, 0.25) is 0 Å². The van der Waals surface area contributed by atoms with Gasteiger partial charge >= 0.3 is 0 Å². The molecule has 0 aliphatic rings. The summed E-state index contributed by atoms with van der Waals surface area (Å²) >= 11 is 0. The summed E-state index contributed by atoms with van der Waals surface area (Å²) in [7, 11) is -2.33. The van der Waals surface area contributed by atoms with E-state index in [1.807, 2.05) is 0 Å². The van der Waals surface area contributed by atoms with E-state index < -0.39 is 11.0 Å². The van der Waals surface area contributed by atoms with Gasteiger partial charge in [0.05, 0.1) is 11.0 Å². The topological polar surface area (TPSA) is 43.4 Å². The predicted octanol–water partition coefficient (Wildman–Crippen LogP) is 6.49. The van der Waals surface area contributed by atoms with Gasteiger partial charge in [-0.05, 0) is 6.42 Å². The van der Waals surface area contributed by atoms with E-state index in [4.69, 9.17) is 0 Å². The zero-order valence-electron chi connectivity index (χ0n) is 15.0. The second-order valence-corrected chi connectivity index (χ2v) is 6.97. The molecule has 0 radical (unpaired) electrons. The normalized spacial score (nSPS) is 10.9. The van der Waals surface area contributed by atoms with Crippen molar-refractivity contribution in [1.82, 2.24) is 0 Å². The Morgan fingerprint density at radius 2 is 0.870 bits per heavy atom. The molecule has 0 aliphatic heterocycles. The van der Waals surface area contributed by atoms with Gasteiger partial charge in [0, 0.05) is 23.1 Å². The summed E-state index contributed by atoms with van der Waals surface area (Å²) in [4.78, 5) is 0. The smallest absolute Gasteiger partial charge is 0.0520 e. The van der Waals surface area contributed by atoms with Crippen LogP contribution in [0, 0.1) is 0 Å². The van der Waals surface area contributed by atoms with Crippen molar-refractivity contribution in [2.24, 2.45) is 0 Å². The molecule has 144 valence electrons. The van der Waals surface area contributed by atoms with Gasteiger partial charge in [0.1, 0.15) is 0 Å². The molecule has 0 saturated carbocycles. The number of hydrogen-bond acceptors (Lipinski definition) is 4. The number of unbranched alkanes of at least 4 members (excludes halogenated alkanes) is 15. The van der Waals surface area contributed by atoms with Crippen molar-refractivity contribution in [3.63, 3.8) is 0 Å². The Bertz CT molecular complexity index is 275. The van der Waals surface area contributed by atoms with Crippen molar-refractivity contribution in [2.75, 3.05) is 6.61 Å². The molecular formula is C18H37NiO3S-. The van der Waals surface area contributed by atoms with Crippen LogP contribution in [0.3, 0.4) is 0 Å². The van der Waals surface area contributed by atoms with E-state index in [0.29, 0.717) is 6.61 Å². The molecule has 0 aromatic rings. The summed E-state index contributed by atoms with van der Waals surface area (Å²) < 4.78 is 24.8. The van der Waals surface area contributed by atoms with Gasteiger partial charge in [0.25, 0.3) is 0 Å².